The summed E-state index contributed by atoms with van der Waals surface area (Å²) in [6.45, 7) is 1.79. The van der Waals surface area contributed by atoms with Crippen LogP contribution >= 0.6 is 0 Å². The zero-order valence-corrected chi connectivity index (χ0v) is 9.02. The van der Waals surface area contributed by atoms with Crippen molar-refractivity contribution in [2.75, 3.05) is 20.3 Å². The number of nitrogens with one attached hydrogen (secondary N) is 1. The second-order valence-corrected chi connectivity index (χ2v) is 3.94. The lowest BCUT2D eigenvalue weighted by atomic mass is 9.97. The number of hydrogen-bond donors (Lipinski definition) is 1. The first-order valence-electron chi connectivity index (χ1n) is 5.41. The van der Waals surface area contributed by atoms with Crippen LogP contribution in [-0.2, 0) is 4.74 Å². The van der Waals surface area contributed by atoms with Gasteiger partial charge in [0.25, 0.3) is 0 Å². The molecule has 0 aliphatic carbocycles. The summed E-state index contributed by atoms with van der Waals surface area (Å²) in [5.74, 6) is 0.657. The Morgan fingerprint density at radius 2 is 2.53 bits per heavy atom. The highest BCUT2D eigenvalue weighted by atomic mass is 16.5. The Kier molecular flexibility index (Phi) is 3.64. The highest BCUT2D eigenvalue weighted by molar-refractivity contribution is 5.02. The van der Waals surface area contributed by atoms with E-state index in [4.69, 9.17) is 4.74 Å². The van der Waals surface area contributed by atoms with E-state index in [1.807, 2.05) is 13.2 Å². The quantitative estimate of drug-likeness (QED) is 0.805. The van der Waals surface area contributed by atoms with E-state index in [1.165, 1.54) is 6.42 Å². The molecule has 2 rings (SSSR count). The van der Waals surface area contributed by atoms with Crippen molar-refractivity contribution in [3.8, 4) is 0 Å². The van der Waals surface area contributed by atoms with E-state index in [0.29, 0.717) is 12.0 Å². The van der Waals surface area contributed by atoms with Crippen LogP contribution in [0, 0.1) is 5.92 Å². The van der Waals surface area contributed by atoms with Crippen molar-refractivity contribution in [3.63, 3.8) is 0 Å². The Bertz CT molecular complexity index is 285. The molecule has 4 nitrogen and oxygen atoms in total. The van der Waals surface area contributed by atoms with Crippen LogP contribution in [-0.4, -0.2) is 30.2 Å². The molecule has 0 bridgehead atoms. The molecule has 2 atom stereocenters. The number of nitrogens with zero attached hydrogens (tertiary/aromatic N) is 2. The Labute approximate surface area is 90.1 Å². The lowest BCUT2D eigenvalue weighted by Gasteiger charge is -2.18. The van der Waals surface area contributed by atoms with Gasteiger partial charge in [-0.1, -0.05) is 0 Å². The van der Waals surface area contributed by atoms with Gasteiger partial charge in [0, 0.05) is 31.8 Å². The third-order valence-electron chi connectivity index (χ3n) is 2.88. The van der Waals surface area contributed by atoms with Crippen LogP contribution in [0.5, 0.6) is 0 Å². The van der Waals surface area contributed by atoms with Gasteiger partial charge in [0.1, 0.15) is 0 Å². The van der Waals surface area contributed by atoms with Crippen LogP contribution in [0.2, 0.25) is 0 Å². The van der Waals surface area contributed by atoms with Crippen molar-refractivity contribution in [2.45, 2.75) is 18.9 Å². The molecule has 0 spiro atoms. The fourth-order valence-corrected chi connectivity index (χ4v) is 1.98. The van der Waals surface area contributed by atoms with Crippen molar-refractivity contribution >= 4 is 0 Å². The summed E-state index contributed by atoms with van der Waals surface area (Å²) in [7, 11) is 1.97. The molecule has 1 aliphatic rings. The SMILES string of the molecule is CNC(CC1CCOC1)c1cnccn1. The van der Waals surface area contributed by atoms with E-state index < -0.39 is 0 Å². The summed E-state index contributed by atoms with van der Waals surface area (Å²) in [6, 6.07) is 0.297. The summed E-state index contributed by atoms with van der Waals surface area (Å²) >= 11 is 0. The van der Waals surface area contributed by atoms with E-state index in [2.05, 4.69) is 15.3 Å². The monoisotopic (exact) mass is 207 g/mol. The van der Waals surface area contributed by atoms with Gasteiger partial charge in [-0.3, -0.25) is 9.97 Å². The smallest absolute Gasteiger partial charge is 0.0756 e. The largest absolute Gasteiger partial charge is 0.381 e. The fourth-order valence-electron chi connectivity index (χ4n) is 1.98. The van der Waals surface area contributed by atoms with E-state index in [0.717, 1.165) is 25.3 Å². The molecule has 1 aromatic rings. The maximum absolute atomic E-state index is 5.37. The average Bonchev–Trinajstić information content (AvgIpc) is 2.80. The number of aromatic nitrogens is 2. The second kappa shape index (κ2) is 5.19. The number of ether oxygens (including phenoxy) is 1. The van der Waals surface area contributed by atoms with Crippen LogP contribution in [0.15, 0.2) is 18.6 Å². The van der Waals surface area contributed by atoms with Crippen molar-refractivity contribution in [1.29, 1.82) is 0 Å². The Morgan fingerprint density at radius 3 is 3.13 bits per heavy atom. The maximum atomic E-state index is 5.37. The molecule has 1 aromatic heterocycles. The molecule has 82 valence electrons. The van der Waals surface area contributed by atoms with Crippen molar-refractivity contribution < 1.29 is 4.74 Å². The van der Waals surface area contributed by atoms with Crippen molar-refractivity contribution in [2.24, 2.45) is 5.92 Å². The molecule has 2 unspecified atom stereocenters. The third-order valence-corrected chi connectivity index (χ3v) is 2.88. The molecule has 0 aromatic carbocycles. The molecule has 1 fully saturated rings. The maximum Gasteiger partial charge on any atom is 0.0756 e. The van der Waals surface area contributed by atoms with E-state index in [9.17, 15) is 0 Å². The average molecular weight is 207 g/mol. The first-order chi connectivity index (χ1) is 7.40. The third kappa shape index (κ3) is 2.73. The zero-order valence-electron chi connectivity index (χ0n) is 9.02. The summed E-state index contributed by atoms with van der Waals surface area (Å²) < 4.78 is 5.37. The molecule has 0 radical (unpaired) electrons. The molecule has 15 heavy (non-hydrogen) atoms. The van der Waals surface area contributed by atoms with E-state index >= 15 is 0 Å². The lowest BCUT2D eigenvalue weighted by molar-refractivity contribution is 0.181. The molecule has 0 amide bonds. The van der Waals surface area contributed by atoms with Gasteiger partial charge in [-0.15, -0.1) is 0 Å². The van der Waals surface area contributed by atoms with Gasteiger partial charge in [0.05, 0.1) is 11.7 Å². The Hall–Kier alpha value is -1.00. The van der Waals surface area contributed by atoms with Gasteiger partial charge in [-0.05, 0) is 25.8 Å². The number of rotatable bonds is 4. The predicted molar refractivity (Wildman–Crippen MR) is 57.4 cm³/mol. The van der Waals surface area contributed by atoms with Gasteiger partial charge < -0.3 is 10.1 Å². The normalized spacial score (nSPS) is 22.9. The molecule has 1 saturated heterocycles. The fraction of sp³-hybridized carbons (Fsp3) is 0.636. The minimum Gasteiger partial charge on any atom is -0.381 e. The summed E-state index contributed by atoms with van der Waals surface area (Å²) in [4.78, 5) is 8.42. The van der Waals surface area contributed by atoms with Gasteiger partial charge in [0.15, 0.2) is 0 Å². The van der Waals surface area contributed by atoms with Gasteiger partial charge in [-0.2, -0.15) is 0 Å². The van der Waals surface area contributed by atoms with Crippen LogP contribution in [0.4, 0.5) is 0 Å². The van der Waals surface area contributed by atoms with E-state index in [1.54, 1.807) is 12.4 Å². The molecule has 4 heteroatoms. The van der Waals surface area contributed by atoms with Crippen molar-refractivity contribution in [3.05, 3.63) is 24.3 Å². The molecule has 0 saturated carbocycles. The minimum absolute atomic E-state index is 0.297. The first-order valence-corrected chi connectivity index (χ1v) is 5.41. The van der Waals surface area contributed by atoms with Gasteiger partial charge >= 0.3 is 0 Å². The molecular weight excluding hydrogens is 190 g/mol. The Morgan fingerprint density at radius 1 is 1.60 bits per heavy atom. The standard InChI is InChI=1S/C11H17N3O/c1-12-10(6-9-2-5-15-8-9)11-7-13-3-4-14-11/h3-4,7,9-10,12H,2,5-6,8H2,1H3. The molecule has 2 heterocycles. The molecule has 1 aliphatic heterocycles. The molecule has 1 N–H and O–H groups in total. The van der Waals surface area contributed by atoms with Crippen LogP contribution in [0.3, 0.4) is 0 Å². The predicted octanol–water partition coefficient (Wildman–Crippen LogP) is 1.16. The minimum atomic E-state index is 0.297. The van der Waals surface area contributed by atoms with Crippen LogP contribution in [0.1, 0.15) is 24.6 Å². The number of hydrogen-bond acceptors (Lipinski definition) is 4. The Balaban J connectivity index is 1.97. The van der Waals surface area contributed by atoms with Crippen LogP contribution < -0.4 is 5.32 Å². The topological polar surface area (TPSA) is 47.0 Å². The summed E-state index contributed by atoms with van der Waals surface area (Å²) in [5, 5.41) is 3.29. The summed E-state index contributed by atoms with van der Waals surface area (Å²) in [5.41, 5.74) is 1.02. The zero-order chi connectivity index (χ0) is 10.5. The second-order valence-electron chi connectivity index (χ2n) is 3.94. The van der Waals surface area contributed by atoms with E-state index in [-0.39, 0.29) is 0 Å². The molecular formula is C11H17N3O. The highest BCUT2D eigenvalue weighted by Crippen LogP contribution is 2.24. The first kappa shape index (κ1) is 10.5. The summed E-state index contributed by atoms with van der Waals surface area (Å²) in [6.07, 6.45) is 7.52. The van der Waals surface area contributed by atoms with Crippen molar-refractivity contribution in [1.82, 2.24) is 15.3 Å². The lowest BCUT2D eigenvalue weighted by Crippen LogP contribution is -2.21. The van der Waals surface area contributed by atoms with Gasteiger partial charge in [-0.25, -0.2) is 0 Å². The van der Waals surface area contributed by atoms with Gasteiger partial charge in [0.2, 0.25) is 0 Å². The highest BCUT2D eigenvalue weighted by Gasteiger charge is 2.21. The van der Waals surface area contributed by atoms with Crippen LogP contribution in [0.25, 0.3) is 0 Å².